The lowest BCUT2D eigenvalue weighted by Crippen LogP contribution is -2.30. The first kappa shape index (κ1) is 90.1. The maximum absolute atomic E-state index is 13.1. The van der Waals surface area contributed by atoms with Crippen LogP contribution in [0.15, 0.2) is 0 Å². The van der Waals surface area contributed by atoms with Gasteiger partial charge in [-0.3, -0.25) is 37.3 Å². The number of unbranched alkanes of at least 4 members (excludes halogenated alkanes) is 38. The molecule has 0 aromatic heterocycles. The van der Waals surface area contributed by atoms with Crippen molar-refractivity contribution in [1.82, 2.24) is 0 Å². The van der Waals surface area contributed by atoms with Crippen LogP contribution in [0.2, 0.25) is 0 Å². The van der Waals surface area contributed by atoms with Crippen LogP contribution in [0.3, 0.4) is 0 Å². The second-order valence-corrected chi connectivity index (χ2v) is 30.4. The molecular weight excluding hydrogens is 1210 g/mol. The van der Waals surface area contributed by atoms with Crippen LogP contribution in [0.4, 0.5) is 0 Å². The van der Waals surface area contributed by atoms with Crippen molar-refractivity contribution >= 4 is 39.5 Å². The smallest absolute Gasteiger partial charge is 0.462 e. The van der Waals surface area contributed by atoms with Gasteiger partial charge in [-0.05, 0) is 43.4 Å². The number of hydrogen-bond donors (Lipinski definition) is 3. The van der Waals surface area contributed by atoms with Crippen molar-refractivity contribution in [2.45, 2.75) is 388 Å². The van der Waals surface area contributed by atoms with Gasteiger partial charge in [0.25, 0.3) is 0 Å². The van der Waals surface area contributed by atoms with E-state index in [1.165, 1.54) is 173 Å². The van der Waals surface area contributed by atoms with E-state index in [2.05, 4.69) is 48.5 Å². The maximum Gasteiger partial charge on any atom is 0.472 e. The SMILES string of the molecule is CCCCCCCCCCCCCCCCCC(=O)OC[C@H](COP(=O)(O)OC[C@@H](O)COP(=O)(O)OC[C@@H](COC(=O)CCCCCCCCC(C)CC)OC(=O)CCCCCCCCCCC(C)C)OC(=O)CCCCCCCCCCCCCCCC(C)C. The highest BCUT2D eigenvalue weighted by Gasteiger charge is 2.30. The Labute approximate surface area is 562 Å². The highest BCUT2D eigenvalue weighted by molar-refractivity contribution is 7.47. The van der Waals surface area contributed by atoms with Crippen LogP contribution in [0.25, 0.3) is 0 Å². The molecule has 0 aromatic carbocycles. The molecule has 0 saturated carbocycles. The van der Waals surface area contributed by atoms with E-state index in [-0.39, 0.29) is 25.7 Å². The summed E-state index contributed by atoms with van der Waals surface area (Å²) in [7, 11) is -9.91. The number of aliphatic hydroxyl groups is 1. The van der Waals surface area contributed by atoms with Crippen LogP contribution >= 0.6 is 15.6 Å². The zero-order chi connectivity index (χ0) is 68.0. The monoisotopic (exact) mass is 1350 g/mol. The predicted molar refractivity (Wildman–Crippen MR) is 372 cm³/mol. The van der Waals surface area contributed by atoms with Gasteiger partial charge in [-0.1, -0.05) is 318 Å². The molecule has 92 heavy (non-hydrogen) atoms. The van der Waals surface area contributed by atoms with Gasteiger partial charge < -0.3 is 33.8 Å². The molecule has 0 heterocycles. The topological polar surface area (TPSA) is 237 Å². The van der Waals surface area contributed by atoms with Gasteiger partial charge in [-0.2, -0.15) is 0 Å². The summed E-state index contributed by atoms with van der Waals surface area (Å²) < 4.78 is 68.4. The van der Waals surface area contributed by atoms with E-state index < -0.39 is 97.5 Å². The summed E-state index contributed by atoms with van der Waals surface area (Å²) in [6.45, 7) is 11.8. The van der Waals surface area contributed by atoms with Crippen molar-refractivity contribution in [3.63, 3.8) is 0 Å². The summed E-state index contributed by atoms with van der Waals surface area (Å²) in [6.07, 6.45) is 48.6. The summed E-state index contributed by atoms with van der Waals surface area (Å²) in [6, 6.07) is 0. The molecule has 0 radical (unpaired) electrons. The quantitative estimate of drug-likeness (QED) is 0.0222. The van der Waals surface area contributed by atoms with Crippen LogP contribution in [0, 0.1) is 17.8 Å². The van der Waals surface area contributed by atoms with Gasteiger partial charge in [-0.25, -0.2) is 9.13 Å². The molecule has 0 aliphatic heterocycles. The third-order valence-electron chi connectivity index (χ3n) is 17.2. The zero-order valence-corrected chi connectivity index (χ0v) is 61.8. The number of carbonyl (C=O) groups excluding carboxylic acids is 4. The molecule has 17 nitrogen and oxygen atoms in total. The minimum Gasteiger partial charge on any atom is -0.462 e. The van der Waals surface area contributed by atoms with Gasteiger partial charge >= 0.3 is 39.5 Å². The lowest BCUT2D eigenvalue weighted by atomic mass is 10.00. The van der Waals surface area contributed by atoms with E-state index in [1.807, 2.05) is 0 Å². The summed E-state index contributed by atoms with van der Waals surface area (Å²) in [4.78, 5) is 72.7. The highest BCUT2D eigenvalue weighted by Crippen LogP contribution is 2.45. The molecule has 0 rings (SSSR count). The van der Waals surface area contributed by atoms with E-state index in [0.29, 0.717) is 25.7 Å². The molecule has 6 atom stereocenters. The minimum absolute atomic E-state index is 0.103. The second kappa shape index (κ2) is 63.8. The van der Waals surface area contributed by atoms with E-state index >= 15 is 0 Å². The summed E-state index contributed by atoms with van der Waals surface area (Å²) in [5, 5.41) is 10.6. The fraction of sp³-hybridized carbons (Fsp3) is 0.945. The number of phosphoric acid groups is 2. The van der Waals surface area contributed by atoms with Gasteiger partial charge in [0.1, 0.15) is 19.3 Å². The maximum atomic E-state index is 13.1. The molecule has 3 N–H and O–H groups in total. The molecule has 0 saturated heterocycles. The Balaban J connectivity index is 5.25. The standard InChI is InChI=1S/C73H142O17P2/c1-8-10-11-12-13-14-15-16-17-20-23-26-32-40-47-54-70(75)83-60-68(89-72(77)56-49-42-33-27-24-21-18-19-22-25-30-37-44-51-64(3)4)62-87-91(79,80)85-58-67(74)59-86-92(81,82)88-63-69(61-84-71(76)55-48-41-36-35-39-46-53-66(7)9-2)90-73(78)57-50-43-34-29-28-31-38-45-52-65(5)6/h64-69,74H,8-63H2,1-7H3,(H,79,80)(H,81,82)/t66?,67-,68-,69-/m1/s1. The number of rotatable bonds is 71. The Morgan fingerprint density at radius 1 is 0.315 bits per heavy atom. The molecule has 0 fully saturated rings. The summed E-state index contributed by atoms with van der Waals surface area (Å²) >= 11 is 0. The molecule has 0 aromatic rings. The zero-order valence-electron chi connectivity index (χ0n) is 60.0. The van der Waals surface area contributed by atoms with E-state index in [4.69, 9.17) is 37.0 Å². The summed E-state index contributed by atoms with van der Waals surface area (Å²) in [5.41, 5.74) is 0. The number of ether oxygens (including phenoxy) is 4. The van der Waals surface area contributed by atoms with Crippen LogP contribution in [0.5, 0.6) is 0 Å². The number of phosphoric ester groups is 2. The minimum atomic E-state index is -4.96. The molecule has 0 bridgehead atoms. The van der Waals surface area contributed by atoms with Crippen molar-refractivity contribution in [2.75, 3.05) is 39.6 Å². The number of hydrogen-bond acceptors (Lipinski definition) is 15. The first-order valence-corrected chi connectivity index (χ1v) is 40.9. The largest absolute Gasteiger partial charge is 0.472 e. The molecule has 0 aliphatic rings. The van der Waals surface area contributed by atoms with Gasteiger partial charge in [0.15, 0.2) is 12.2 Å². The molecule has 0 spiro atoms. The highest BCUT2D eigenvalue weighted by atomic mass is 31.2. The van der Waals surface area contributed by atoms with Crippen molar-refractivity contribution in [3.8, 4) is 0 Å². The number of esters is 4. The molecular formula is C73H142O17P2. The molecule has 3 unspecified atom stereocenters. The van der Waals surface area contributed by atoms with Gasteiger partial charge in [0.2, 0.25) is 0 Å². The van der Waals surface area contributed by atoms with Crippen LogP contribution in [0.1, 0.15) is 370 Å². The lowest BCUT2D eigenvalue weighted by Gasteiger charge is -2.21. The average Bonchev–Trinajstić information content (AvgIpc) is 2.97. The Hall–Kier alpha value is -1.94. The third kappa shape index (κ3) is 65.4. The number of carbonyl (C=O) groups is 4. The Bertz CT molecular complexity index is 1800. The Kier molecular flexibility index (Phi) is 62.4. The first-order valence-electron chi connectivity index (χ1n) is 37.9. The van der Waals surface area contributed by atoms with Crippen LogP contribution < -0.4 is 0 Å². The molecule has 546 valence electrons. The lowest BCUT2D eigenvalue weighted by molar-refractivity contribution is -0.161. The third-order valence-corrected chi connectivity index (χ3v) is 19.1. The second-order valence-electron chi connectivity index (χ2n) is 27.5. The van der Waals surface area contributed by atoms with Crippen molar-refractivity contribution < 1.29 is 80.2 Å². The predicted octanol–water partition coefficient (Wildman–Crippen LogP) is 21.0. The van der Waals surface area contributed by atoms with Gasteiger partial charge in [0.05, 0.1) is 26.4 Å². The van der Waals surface area contributed by atoms with Crippen LogP contribution in [-0.4, -0.2) is 96.7 Å². The number of aliphatic hydroxyl groups excluding tert-OH is 1. The van der Waals surface area contributed by atoms with Crippen molar-refractivity contribution in [1.29, 1.82) is 0 Å². The Morgan fingerprint density at radius 3 is 0.826 bits per heavy atom. The van der Waals surface area contributed by atoms with E-state index in [1.54, 1.807) is 0 Å². The Morgan fingerprint density at radius 2 is 0.554 bits per heavy atom. The van der Waals surface area contributed by atoms with Gasteiger partial charge in [0, 0.05) is 25.7 Å². The first-order chi connectivity index (χ1) is 44.3. The normalized spacial score (nSPS) is 14.4. The fourth-order valence-corrected chi connectivity index (χ4v) is 12.6. The van der Waals surface area contributed by atoms with Gasteiger partial charge in [-0.15, -0.1) is 0 Å². The van der Waals surface area contributed by atoms with Crippen LogP contribution in [-0.2, 0) is 65.4 Å². The molecule has 0 amide bonds. The fourth-order valence-electron chi connectivity index (χ4n) is 11.0. The van der Waals surface area contributed by atoms with E-state index in [9.17, 15) is 43.2 Å². The van der Waals surface area contributed by atoms with E-state index in [0.717, 1.165) is 114 Å². The summed E-state index contributed by atoms with van der Waals surface area (Å²) in [5.74, 6) is 0.112. The molecule has 19 heteroatoms. The molecule has 0 aliphatic carbocycles. The van der Waals surface area contributed by atoms with Crippen molar-refractivity contribution in [2.24, 2.45) is 17.8 Å². The average molecular weight is 1350 g/mol. The van der Waals surface area contributed by atoms with Crippen molar-refractivity contribution in [3.05, 3.63) is 0 Å².